The SMILES string of the molecule is CC1(C)c2ccccc2-c2ccc(N(c3ccc4c(c3)C(C)(C)c3ccccc3-4)c3ccc4c(c3)c3ccccc3n4-c3ccc(-c4cccc5c4-c4ccccc4C54c5ccccc5-c5ccccc54)cc3)cc21. The monoisotopic (exact) mass is 956 g/mol. The summed E-state index contributed by atoms with van der Waals surface area (Å²) in [5.41, 5.74) is 30.3. The molecule has 1 spiro atoms. The van der Waals surface area contributed by atoms with E-state index < -0.39 is 0 Å². The Morgan fingerprint density at radius 2 is 0.707 bits per heavy atom. The van der Waals surface area contributed by atoms with Gasteiger partial charge in [0.2, 0.25) is 0 Å². The minimum atomic E-state index is -0.377. The Bertz CT molecular complexity index is 4270. The summed E-state index contributed by atoms with van der Waals surface area (Å²) in [6.45, 7) is 9.51. The van der Waals surface area contributed by atoms with E-state index in [9.17, 15) is 0 Å². The van der Waals surface area contributed by atoms with Gasteiger partial charge in [-0.25, -0.2) is 0 Å². The first kappa shape index (κ1) is 42.5. The molecule has 0 amide bonds. The van der Waals surface area contributed by atoms with Crippen molar-refractivity contribution in [1.82, 2.24) is 4.57 Å². The zero-order valence-electron chi connectivity index (χ0n) is 42.5. The molecule has 4 aliphatic rings. The van der Waals surface area contributed by atoms with Crippen molar-refractivity contribution in [1.29, 1.82) is 0 Å². The lowest BCUT2D eigenvalue weighted by Crippen LogP contribution is -2.25. The van der Waals surface area contributed by atoms with Crippen LogP contribution >= 0.6 is 0 Å². The fourth-order valence-electron chi connectivity index (χ4n) is 14.7. The number of rotatable bonds is 5. The van der Waals surface area contributed by atoms with Crippen LogP contribution in [0.15, 0.2) is 243 Å². The summed E-state index contributed by atoms with van der Waals surface area (Å²) in [6.07, 6.45) is 0. The van der Waals surface area contributed by atoms with Gasteiger partial charge in [0.05, 0.1) is 16.4 Å². The standard InChI is InChI=1S/C73H52N2/c1-71(2)60-25-11-5-18-51(60)55-39-36-48(43-66(55)71)74(49-37-40-56-52-19-6-12-26-61(52)72(3,4)67(56)44-49)47-38-41-69-59(42-47)57-22-10-16-31-68(57)75(69)46-34-32-45(33-35-46)50-24-17-30-65-70(50)58-23-9-15-29-64(58)73(65)62-27-13-7-20-53(62)54-21-8-14-28-63(54)73/h5-44H,1-4H3. The minimum Gasteiger partial charge on any atom is -0.310 e. The fourth-order valence-corrected chi connectivity index (χ4v) is 14.7. The molecule has 0 bridgehead atoms. The van der Waals surface area contributed by atoms with Gasteiger partial charge < -0.3 is 9.47 Å². The smallest absolute Gasteiger partial charge is 0.0725 e. The quantitative estimate of drug-likeness (QED) is 0.167. The number of hydrogen-bond donors (Lipinski definition) is 0. The van der Waals surface area contributed by atoms with Crippen molar-refractivity contribution in [2.24, 2.45) is 0 Å². The molecule has 0 radical (unpaired) electrons. The second-order valence-electron chi connectivity index (χ2n) is 22.4. The number of fused-ring (bicyclic) bond motifs is 19. The first-order valence-electron chi connectivity index (χ1n) is 26.6. The highest BCUT2D eigenvalue weighted by Crippen LogP contribution is 2.64. The molecule has 0 aliphatic heterocycles. The molecule has 12 aromatic rings. The topological polar surface area (TPSA) is 8.17 Å². The summed E-state index contributed by atoms with van der Waals surface area (Å²) < 4.78 is 2.46. The number of para-hydroxylation sites is 1. The molecule has 0 fully saturated rings. The summed E-state index contributed by atoms with van der Waals surface area (Å²) in [5.74, 6) is 0. The molecule has 0 saturated heterocycles. The van der Waals surface area contributed by atoms with Gasteiger partial charge in [0.25, 0.3) is 0 Å². The summed E-state index contributed by atoms with van der Waals surface area (Å²) in [5, 5.41) is 2.45. The van der Waals surface area contributed by atoms with Crippen LogP contribution in [-0.2, 0) is 16.2 Å². The first-order chi connectivity index (χ1) is 36.7. The van der Waals surface area contributed by atoms with Crippen molar-refractivity contribution in [3.8, 4) is 61.3 Å². The molecule has 4 aliphatic carbocycles. The second kappa shape index (κ2) is 15.1. The van der Waals surface area contributed by atoms with Gasteiger partial charge >= 0.3 is 0 Å². The van der Waals surface area contributed by atoms with Crippen LogP contribution in [0.4, 0.5) is 17.1 Å². The Labute approximate surface area is 438 Å². The van der Waals surface area contributed by atoms with Crippen molar-refractivity contribution in [3.05, 3.63) is 287 Å². The summed E-state index contributed by atoms with van der Waals surface area (Å²) in [4.78, 5) is 2.50. The van der Waals surface area contributed by atoms with Crippen molar-refractivity contribution >= 4 is 38.9 Å². The molecule has 2 nitrogen and oxygen atoms in total. The van der Waals surface area contributed by atoms with Gasteiger partial charge in [0.1, 0.15) is 0 Å². The molecule has 0 saturated carbocycles. The third-order valence-electron chi connectivity index (χ3n) is 18.0. The molecule has 16 rings (SSSR count). The first-order valence-corrected chi connectivity index (χ1v) is 26.6. The van der Waals surface area contributed by atoms with Crippen LogP contribution < -0.4 is 4.90 Å². The van der Waals surface area contributed by atoms with E-state index in [-0.39, 0.29) is 16.2 Å². The van der Waals surface area contributed by atoms with Crippen LogP contribution in [0.2, 0.25) is 0 Å². The van der Waals surface area contributed by atoms with E-state index in [4.69, 9.17) is 0 Å². The largest absolute Gasteiger partial charge is 0.310 e. The molecule has 2 heteroatoms. The van der Waals surface area contributed by atoms with E-state index in [1.807, 2.05) is 0 Å². The number of nitrogens with zero attached hydrogens (tertiary/aromatic N) is 2. The fraction of sp³-hybridized carbons (Fsp3) is 0.0959. The highest BCUT2D eigenvalue weighted by molar-refractivity contribution is 6.11. The maximum Gasteiger partial charge on any atom is 0.0725 e. The lowest BCUT2D eigenvalue weighted by atomic mass is 9.70. The third kappa shape index (κ3) is 5.53. The third-order valence-corrected chi connectivity index (χ3v) is 18.0. The molecule has 1 heterocycles. The average molecular weight is 957 g/mol. The van der Waals surface area contributed by atoms with Crippen LogP contribution in [-0.4, -0.2) is 4.57 Å². The summed E-state index contributed by atoms with van der Waals surface area (Å²) in [7, 11) is 0. The van der Waals surface area contributed by atoms with E-state index in [1.165, 1.54) is 122 Å². The zero-order valence-corrected chi connectivity index (χ0v) is 42.5. The van der Waals surface area contributed by atoms with Crippen LogP contribution in [0.25, 0.3) is 83.1 Å². The predicted molar refractivity (Wildman–Crippen MR) is 312 cm³/mol. The molecule has 0 unspecified atom stereocenters. The zero-order chi connectivity index (χ0) is 50.0. The van der Waals surface area contributed by atoms with Gasteiger partial charge in [0.15, 0.2) is 0 Å². The highest BCUT2D eigenvalue weighted by Gasteiger charge is 2.52. The molecule has 1 aromatic heterocycles. The molecular formula is C73H52N2. The van der Waals surface area contributed by atoms with E-state index in [0.29, 0.717) is 0 Å². The van der Waals surface area contributed by atoms with Crippen molar-refractivity contribution in [3.63, 3.8) is 0 Å². The number of anilines is 3. The lowest BCUT2D eigenvalue weighted by molar-refractivity contribution is 0.660. The molecular weight excluding hydrogens is 905 g/mol. The van der Waals surface area contributed by atoms with Crippen molar-refractivity contribution < 1.29 is 0 Å². The van der Waals surface area contributed by atoms with Gasteiger partial charge in [-0.1, -0.05) is 210 Å². The van der Waals surface area contributed by atoms with Gasteiger partial charge in [-0.05, 0) is 161 Å². The maximum absolute atomic E-state index is 2.50. The second-order valence-corrected chi connectivity index (χ2v) is 22.4. The highest BCUT2D eigenvalue weighted by atomic mass is 15.1. The van der Waals surface area contributed by atoms with Crippen LogP contribution in [0.3, 0.4) is 0 Å². The van der Waals surface area contributed by atoms with E-state index in [2.05, 4.69) is 280 Å². The predicted octanol–water partition coefficient (Wildman–Crippen LogP) is 18.9. The molecule has 0 atom stereocenters. The van der Waals surface area contributed by atoms with E-state index >= 15 is 0 Å². The Morgan fingerprint density at radius 3 is 1.29 bits per heavy atom. The number of benzene rings is 11. The van der Waals surface area contributed by atoms with E-state index in [0.717, 1.165) is 22.7 Å². The van der Waals surface area contributed by atoms with Crippen LogP contribution in [0.5, 0.6) is 0 Å². The van der Waals surface area contributed by atoms with Crippen molar-refractivity contribution in [2.45, 2.75) is 43.9 Å². The summed E-state index contributed by atoms with van der Waals surface area (Å²) >= 11 is 0. The molecule has 0 N–H and O–H groups in total. The number of aromatic nitrogens is 1. The molecule has 11 aromatic carbocycles. The number of hydrogen-bond acceptors (Lipinski definition) is 1. The molecule has 75 heavy (non-hydrogen) atoms. The Morgan fingerprint density at radius 1 is 0.293 bits per heavy atom. The van der Waals surface area contributed by atoms with Gasteiger partial charge in [0, 0.05) is 44.4 Å². The van der Waals surface area contributed by atoms with Gasteiger partial charge in [-0.2, -0.15) is 0 Å². The Balaban J connectivity index is 0.840. The maximum atomic E-state index is 2.50. The Kier molecular flexibility index (Phi) is 8.54. The average Bonchev–Trinajstić information content (AvgIpc) is 4.34. The van der Waals surface area contributed by atoms with Gasteiger partial charge in [-0.15, -0.1) is 0 Å². The van der Waals surface area contributed by atoms with E-state index in [1.54, 1.807) is 0 Å². The van der Waals surface area contributed by atoms with Crippen LogP contribution in [0.1, 0.15) is 72.2 Å². The lowest BCUT2D eigenvalue weighted by Gasteiger charge is -2.30. The van der Waals surface area contributed by atoms with Crippen LogP contribution in [0, 0.1) is 0 Å². The van der Waals surface area contributed by atoms with Gasteiger partial charge in [-0.3, -0.25) is 0 Å². The summed E-state index contributed by atoms with van der Waals surface area (Å²) in [6, 6.07) is 91.8. The minimum absolute atomic E-state index is 0.135. The normalized spacial score (nSPS) is 15.0. The van der Waals surface area contributed by atoms with Crippen molar-refractivity contribution in [2.75, 3.05) is 4.90 Å². The molecule has 354 valence electrons. The Hall–Kier alpha value is -8.98.